The normalized spacial score (nSPS) is 23.9. The summed E-state index contributed by atoms with van der Waals surface area (Å²) >= 11 is 6.38. The molecule has 0 saturated carbocycles. The molecule has 3 aliphatic rings. The van der Waals surface area contributed by atoms with Gasteiger partial charge in [0, 0.05) is 27.4 Å². The van der Waals surface area contributed by atoms with Crippen molar-refractivity contribution < 1.29 is 14.4 Å². The van der Waals surface area contributed by atoms with Gasteiger partial charge in [-0.05, 0) is 53.8 Å². The van der Waals surface area contributed by atoms with E-state index in [1.54, 1.807) is 6.07 Å². The SMILES string of the molecule is CCCCCc1ccc(C(=O)C2C(C(=O)C(C)(C)C)N3c4ccc(Cl)cc4C=CC3C23C(=O)Nc2ccccc23)cc1. The van der Waals surface area contributed by atoms with Gasteiger partial charge in [0.25, 0.3) is 0 Å². The van der Waals surface area contributed by atoms with Gasteiger partial charge in [-0.1, -0.05) is 107 Å². The van der Waals surface area contributed by atoms with Gasteiger partial charge in [0.15, 0.2) is 11.6 Å². The molecule has 4 atom stereocenters. The van der Waals surface area contributed by atoms with Crippen LogP contribution in [0.4, 0.5) is 11.4 Å². The Kier molecular flexibility index (Phi) is 7.13. The first-order chi connectivity index (χ1) is 20.1. The number of hydrogen-bond donors (Lipinski definition) is 1. The van der Waals surface area contributed by atoms with Crippen LogP contribution in [0.1, 0.15) is 74.0 Å². The largest absolute Gasteiger partial charge is 0.352 e. The summed E-state index contributed by atoms with van der Waals surface area (Å²) < 4.78 is 0. The number of para-hydroxylation sites is 1. The molecule has 1 fully saturated rings. The molecule has 1 spiro atoms. The number of carbonyl (C=O) groups excluding carboxylic acids is 3. The maximum absolute atomic E-state index is 14.9. The van der Waals surface area contributed by atoms with Gasteiger partial charge >= 0.3 is 0 Å². The van der Waals surface area contributed by atoms with Gasteiger partial charge in [0.2, 0.25) is 5.91 Å². The van der Waals surface area contributed by atoms with E-state index in [0.29, 0.717) is 16.3 Å². The van der Waals surface area contributed by atoms with Crippen molar-refractivity contribution in [1.82, 2.24) is 0 Å². The predicted molar refractivity (Wildman–Crippen MR) is 169 cm³/mol. The third-order valence-electron chi connectivity index (χ3n) is 9.19. The van der Waals surface area contributed by atoms with E-state index in [4.69, 9.17) is 11.6 Å². The fourth-order valence-corrected chi connectivity index (χ4v) is 7.37. The minimum absolute atomic E-state index is 0.0766. The van der Waals surface area contributed by atoms with Crippen molar-refractivity contribution in [1.29, 1.82) is 0 Å². The molecular weight excluding hydrogens is 544 g/mol. The van der Waals surface area contributed by atoms with Crippen molar-refractivity contribution in [2.45, 2.75) is 70.9 Å². The zero-order valence-electron chi connectivity index (χ0n) is 24.6. The van der Waals surface area contributed by atoms with Gasteiger partial charge in [-0.25, -0.2) is 0 Å². The molecule has 0 aromatic heterocycles. The van der Waals surface area contributed by atoms with E-state index in [1.807, 2.05) is 98.5 Å². The highest BCUT2D eigenvalue weighted by molar-refractivity contribution is 6.31. The summed E-state index contributed by atoms with van der Waals surface area (Å²) in [4.78, 5) is 45.8. The summed E-state index contributed by atoms with van der Waals surface area (Å²) in [5, 5.41) is 3.67. The molecule has 42 heavy (non-hydrogen) atoms. The molecule has 3 aliphatic heterocycles. The number of halogens is 1. The Balaban J connectivity index is 1.57. The molecule has 3 aromatic carbocycles. The predicted octanol–water partition coefficient (Wildman–Crippen LogP) is 7.66. The van der Waals surface area contributed by atoms with Crippen molar-refractivity contribution in [2.24, 2.45) is 11.3 Å². The smallest absolute Gasteiger partial charge is 0.238 e. The van der Waals surface area contributed by atoms with E-state index >= 15 is 0 Å². The number of amides is 1. The zero-order valence-corrected chi connectivity index (χ0v) is 25.4. The summed E-state index contributed by atoms with van der Waals surface area (Å²) in [6, 6.07) is 19.5. The maximum atomic E-state index is 14.9. The highest BCUT2D eigenvalue weighted by Crippen LogP contribution is 2.58. The number of anilines is 2. The topological polar surface area (TPSA) is 66.5 Å². The van der Waals surface area contributed by atoms with Crippen molar-refractivity contribution in [3.63, 3.8) is 0 Å². The van der Waals surface area contributed by atoms with Gasteiger partial charge in [-0.2, -0.15) is 0 Å². The third kappa shape index (κ3) is 4.32. The number of hydrogen-bond acceptors (Lipinski definition) is 4. The standard InChI is InChI=1S/C36H37ClN2O3/c1-5-6-7-10-22-13-15-23(16-14-22)32(40)30-31(33(41)35(2,3)4)39-28-19-18-25(37)21-24(28)17-20-29(39)36(30)26-11-8-9-12-27(26)38-34(36)42/h8-9,11-21,29-31H,5-7,10H2,1-4H3,(H,38,42). The van der Waals surface area contributed by atoms with E-state index in [9.17, 15) is 14.4 Å². The Labute approximate surface area is 253 Å². The molecule has 0 bridgehead atoms. The summed E-state index contributed by atoms with van der Waals surface area (Å²) in [5.74, 6) is -1.47. The van der Waals surface area contributed by atoms with Crippen molar-refractivity contribution >= 4 is 46.5 Å². The summed E-state index contributed by atoms with van der Waals surface area (Å²) in [6.07, 6.45) is 8.31. The molecule has 0 radical (unpaired) electrons. The van der Waals surface area contributed by atoms with E-state index in [2.05, 4.69) is 12.2 Å². The van der Waals surface area contributed by atoms with Gasteiger partial charge in [0.05, 0.1) is 12.0 Å². The summed E-state index contributed by atoms with van der Waals surface area (Å²) in [5.41, 5.74) is 2.74. The maximum Gasteiger partial charge on any atom is 0.238 e. The van der Waals surface area contributed by atoms with Crippen molar-refractivity contribution in [2.75, 3.05) is 10.2 Å². The van der Waals surface area contributed by atoms with Crippen LogP contribution in [0, 0.1) is 11.3 Å². The number of ketones is 2. The first kappa shape index (κ1) is 28.4. The van der Waals surface area contributed by atoms with Crippen LogP contribution in [0.25, 0.3) is 6.08 Å². The number of aryl methyl sites for hydroxylation is 1. The second-order valence-electron chi connectivity index (χ2n) is 12.8. The number of benzene rings is 3. The van der Waals surface area contributed by atoms with Crippen molar-refractivity contribution in [3.05, 3.63) is 100 Å². The number of nitrogens with zero attached hydrogens (tertiary/aromatic N) is 1. The van der Waals surface area contributed by atoms with E-state index in [0.717, 1.165) is 42.5 Å². The van der Waals surface area contributed by atoms with Crippen LogP contribution < -0.4 is 10.2 Å². The van der Waals surface area contributed by atoms with Crippen LogP contribution in [0.15, 0.2) is 72.8 Å². The van der Waals surface area contributed by atoms with E-state index in [-0.39, 0.29) is 17.5 Å². The minimum Gasteiger partial charge on any atom is -0.352 e. The van der Waals surface area contributed by atoms with Gasteiger partial charge in [-0.3, -0.25) is 14.4 Å². The molecule has 1 amide bonds. The molecule has 6 heteroatoms. The lowest BCUT2D eigenvalue weighted by Gasteiger charge is -2.38. The second kappa shape index (κ2) is 10.5. The molecule has 5 nitrogen and oxygen atoms in total. The monoisotopic (exact) mass is 580 g/mol. The number of carbonyl (C=O) groups is 3. The number of fused-ring (bicyclic) bond motifs is 6. The Hall–Kier alpha value is -3.70. The zero-order chi connectivity index (χ0) is 29.8. The van der Waals surface area contributed by atoms with Crippen molar-refractivity contribution in [3.8, 4) is 0 Å². The second-order valence-corrected chi connectivity index (χ2v) is 13.3. The molecule has 6 rings (SSSR count). The highest BCUT2D eigenvalue weighted by Gasteiger charge is 2.70. The lowest BCUT2D eigenvalue weighted by molar-refractivity contribution is -0.128. The van der Waals surface area contributed by atoms with Crippen LogP contribution in [0.3, 0.4) is 0 Å². The molecule has 1 N–H and O–H groups in total. The molecule has 1 saturated heterocycles. The highest BCUT2D eigenvalue weighted by atomic mass is 35.5. The molecular formula is C36H37ClN2O3. The lowest BCUT2D eigenvalue weighted by atomic mass is 9.63. The fourth-order valence-electron chi connectivity index (χ4n) is 7.19. The summed E-state index contributed by atoms with van der Waals surface area (Å²) in [7, 11) is 0. The first-order valence-corrected chi connectivity index (χ1v) is 15.3. The van der Waals surface area contributed by atoms with Crippen LogP contribution in [-0.4, -0.2) is 29.6 Å². The Morgan fingerprint density at radius 2 is 1.74 bits per heavy atom. The fraction of sp³-hybridized carbons (Fsp3) is 0.361. The summed E-state index contributed by atoms with van der Waals surface area (Å²) in [6.45, 7) is 7.83. The quantitative estimate of drug-likeness (QED) is 0.230. The van der Waals surface area contributed by atoms with Crippen LogP contribution in [0.5, 0.6) is 0 Å². The Bertz CT molecular complexity index is 1600. The van der Waals surface area contributed by atoms with Gasteiger partial charge in [0.1, 0.15) is 11.5 Å². The van der Waals surface area contributed by atoms with Gasteiger partial charge < -0.3 is 10.2 Å². The molecule has 0 aliphatic carbocycles. The lowest BCUT2D eigenvalue weighted by Crippen LogP contribution is -2.51. The number of rotatable bonds is 7. The van der Waals surface area contributed by atoms with Crippen LogP contribution in [0.2, 0.25) is 5.02 Å². The minimum atomic E-state index is -1.30. The van der Waals surface area contributed by atoms with Gasteiger partial charge in [-0.15, -0.1) is 0 Å². The van der Waals surface area contributed by atoms with Crippen LogP contribution >= 0.6 is 11.6 Å². The van der Waals surface area contributed by atoms with E-state index in [1.165, 1.54) is 5.56 Å². The van der Waals surface area contributed by atoms with Crippen LogP contribution in [-0.2, 0) is 21.4 Å². The average Bonchev–Trinajstić information content (AvgIpc) is 3.44. The Morgan fingerprint density at radius 1 is 1.00 bits per heavy atom. The molecule has 4 unspecified atom stereocenters. The average molecular weight is 581 g/mol. The van der Waals surface area contributed by atoms with E-state index < -0.39 is 28.8 Å². The third-order valence-corrected chi connectivity index (χ3v) is 9.43. The number of unbranched alkanes of at least 4 members (excludes halogenated alkanes) is 2. The molecule has 3 heterocycles. The first-order valence-electron chi connectivity index (χ1n) is 14.9. The molecule has 3 aromatic rings. The Morgan fingerprint density at radius 3 is 2.45 bits per heavy atom. The molecule has 216 valence electrons. The number of Topliss-reactive ketones (excluding diaryl/α,β-unsaturated/α-hetero) is 2. The number of nitrogens with one attached hydrogen (secondary N) is 1.